The largest absolute Gasteiger partial charge is 0.467 e. The van der Waals surface area contributed by atoms with Crippen molar-refractivity contribution in [2.45, 2.75) is 26.1 Å². The van der Waals surface area contributed by atoms with Gasteiger partial charge in [0.2, 0.25) is 0 Å². The van der Waals surface area contributed by atoms with E-state index >= 15 is 0 Å². The Kier molecular flexibility index (Phi) is 9.09. The Morgan fingerprint density at radius 3 is 2.91 bits per heavy atom. The molecular formula is C23H27FIN3O3S. The average molecular weight is 571 g/mol. The first kappa shape index (κ1) is 24.7. The Bertz CT molecular complexity index is 1040. The lowest BCUT2D eigenvalue weighted by molar-refractivity contribution is -0.0172. The molecule has 1 unspecified atom stereocenters. The number of guanidine groups is 1. The molecule has 0 saturated carbocycles. The number of hydrogen-bond acceptors (Lipinski definition) is 5. The first-order valence-corrected chi connectivity index (χ1v) is 11.2. The van der Waals surface area contributed by atoms with Crippen LogP contribution in [0, 0.1) is 5.82 Å². The molecule has 0 bridgehead atoms. The molecule has 32 heavy (non-hydrogen) atoms. The van der Waals surface area contributed by atoms with Crippen molar-refractivity contribution < 1.29 is 19.0 Å². The van der Waals surface area contributed by atoms with Crippen molar-refractivity contribution in [3.8, 4) is 5.75 Å². The zero-order valence-corrected chi connectivity index (χ0v) is 20.9. The van der Waals surface area contributed by atoms with Crippen LogP contribution in [0.15, 0.2) is 47.5 Å². The van der Waals surface area contributed by atoms with E-state index in [-0.39, 0.29) is 43.1 Å². The summed E-state index contributed by atoms with van der Waals surface area (Å²) in [5, 5.41) is 18.1. The molecule has 2 aromatic carbocycles. The quantitative estimate of drug-likeness (QED) is 0.224. The highest BCUT2D eigenvalue weighted by Gasteiger charge is 2.17. The van der Waals surface area contributed by atoms with Gasteiger partial charge in [0.25, 0.3) is 0 Å². The molecule has 172 valence electrons. The molecule has 0 radical (unpaired) electrons. The third-order valence-electron chi connectivity index (χ3n) is 4.98. The highest BCUT2D eigenvalue weighted by atomic mass is 127. The van der Waals surface area contributed by atoms with Crippen molar-refractivity contribution in [2.75, 3.05) is 26.4 Å². The van der Waals surface area contributed by atoms with Crippen LogP contribution in [0.5, 0.6) is 5.75 Å². The molecule has 0 aliphatic carbocycles. The maximum absolute atomic E-state index is 13.9. The third kappa shape index (κ3) is 6.09. The zero-order valence-electron chi connectivity index (χ0n) is 17.8. The Labute approximate surface area is 207 Å². The number of hydrogen-bond donors (Lipinski definition) is 3. The van der Waals surface area contributed by atoms with E-state index in [2.05, 4.69) is 15.6 Å². The predicted molar refractivity (Wildman–Crippen MR) is 137 cm³/mol. The number of thiophene rings is 1. The Morgan fingerprint density at radius 2 is 2.09 bits per heavy atom. The van der Waals surface area contributed by atoms with E-state index in [1.165, 1.54) is 12.1 Å². The molecule has 0 spiro atoms. The van der Waals surface area contributed by atoms with Gasteiger partial charge in [-0.1, -0.05) is 18.2 Å². The highest BCUT2D eigenvalue weighted by Crippen LogP contribution is 2.30. The van der Waals surface area contributed by atoms with Gasteiger partial charge in [0.15, 0.2) is 12.8 Å². The molecule has 0 saturated heterocycles. The van der Waals surface area contributed by atoms with Crippen LogP contribution in [0.3, 0.4) is 0 Å². The van der Waals surface area contributed by atoms with Gasteiger partial charge in [0, 0.05) is 28.2 Å². The average Bonchev–Trinajstić information content (AvgIpc) is 3.21. The van der Waals surface area contributed by atoms with Gasteiger partial charge in [-0.15, -0.1) is 35.3 Å². The Morgan fingerprint density at radius 1 is 1.25 bits per heavy atom. The van der Waals surface area contributed by atoms with E-state index in [0.29, 0.717) is 37.8 Å². The normalized spacial score (nSPS) is 14.3. The molecule has 1 aromatic heterocycles. The minimum Gasteiger partial charge on any atom is -0.467 e. The van der Waals surface area contributed by atoms with Gasteiger partial charge in [-0.2, -0.15) is 0 Å². The van der Waals surface area contributed by atoms with Crippen molar-refractivity contribution in [3.05, 3.63) is 64.3 Å². The topological polar surface area (TPSA) is 75.1 Å². The lowest BCUT2D eigenvalue weighted by Gasteiger charge is -2.21. The second-order valence-electron chi connectivity index (χ2n) is 7.26. The summed E-state index contributed by atoms with van der Waals surface area (Å²) in [7, 11) is 0. The molecule has 1 aliphatic rings. The molecule has 9 heteroatoms. The molecule has 3 aromatic rings. The SMILES string of the molecule is CCNC(=NCC(O)c1cc2ccccc2s1)NCCc1cc(F)cc2c1OCOC2.I. The lowest BCUT2D eigenvalue weighted by atomic mass is 10.1. The van der Waals surface area contributed by atoms with Crippen molar-refractivity contribution in [3.63, 3.8) is 0 Å². The smallest absolute Gasteiger partial charge is 0.191 e. The predicted octanol–water partition coefficient (Wildman–Crippen LogP) is 4.36. The maximum Gasteiger partial charge on any atom is 0.191 e. The maximum atomic E-state index is 13.9. The summed E-state index contributed by atoms with van der Waals surface area (Å²) >= 11 is 1.58. The summed E-state index contributed by atoms with van der Waals surface area (Å²) in [6.07, 6.45) is -0.0971. The van der Waals surface area contributed by atoms with E-state index in [4.69, 9.17) is 9.47 Å². The summed E-state index contributed by atoms with van der Waals surface area (Å²) in [6, 6.07) is 13.0. The van der Waals surface area contributed by atoms with Crippen LogP contribution in [0.4, 0.5) is 4.39 Å². The standard InChI is InChI=1S/C23H26FN3O3S.HI/c1-2-25-23(27-12-19(28)21-11-15-5-3-4-6-20(15)31-21)26-8-7-16-9-18(24)10-17-13-29-14-30-22(16)17;/h3-6,9-11,19,28H,2,7-8,12-14H2,1H3,(H2,25,26,27);1H. The van der Waals surface area contributed by atoms with E-state index in [1.807, 2.05) is 37.3 Å². The summed E-state index contributed by atoms with van der Waals surface area (Å²) in [5.74, 6) is 1.02. The van der Waals surface area contributed by atoms with Crippen molar-refractivity contribution in [1.82, 2.24) is 10.6 Å². The van der Waals surface area contributed by atoms with E-state index in [0.717, 1.165) is 26.1 Å². The number of benzene rings is 2. The minimum absolute atomic E-state index is 0. The summed E-state index contributed by atoms with van der Waals surface area (Å²) < 4.78 is 25.9. The van der Waals surface area contributed by atoms with Crippen LogP contribution < -0.4 is 15.4 Å². The van der Waals surface area contributed by atoms with Crippen molar-refractivity contribution in [2.24, 2.45) is 4.99 Å². The molecule has 3 N–H and O–H groups in total. The van der Waals surface area contributed by atoms with Gasteiger partial charge in [-0.05, 0) is 48.6 Å². The molecule has 6 nitrogen and oxygen atoms in total. The Hall–Kier alpha value is -1.95. The number of rotatable bonds is 7. The number of halogens is 2. The third-order valence-corrected chi connectivity index (χ3v) is 6.20. The monoisotopic (exact) mass is 571 g/mol. The number of fused-ring (bicyclic) bond motifs is 2. The highest BCUT2D eigenvalue weighted by molar-refractivity contribution is 14.0. The molecule has 0 fully saturated rings. The molecule has 4 rings (SSSR count). The van der Waals surface area contributed by atoms with Crippen LogP contribution in [-0.4, -0.2) is 37.5 Å². The zero-order chi connectivity index (χ0) is 21.6. The summed E-state index contributed by atoms with van der Waals surface area (Å²) in [4.78, 5) is 5.42. The minimum atomic E-state index is -0.670. The number of nitrogens with one attached hydrogen (secondary N) is 2. The van der Waals surface area contributed by atoms with Crippen LogP contribution in [0.25, 0.3) is 10.1 Å². The van der Waals surface area contributed by atoms with Crippen LogP contribution >= 0.6 is 35.3 Å². The number of nitrogens with zero attached hydrogens (tertiary/aromatic N) is 1. The summed E-state index contributed by atoms with van der Waals surface area (Å²) in [6.45, 7) is 4.01. The number of ether oxygens (including phenoxy) is 2. The molecule has 1 aliphatic heterocycles. The van der Waals surface area contributed by atoms with E-state index in [9.17, 15) is 9.50 Å². The van der Waals surface area contributed by atoms with Gasteiger partial charge in [0.1, 0.15) is 17.7 Å². The second-order valence-corrected chi connectivity index (χ2v) is 8.38. The van der Waals surface area contributed by atoms with Gasteiger partial charge in [-0.25, -0.2) is 4.39 Å². The molecule has 2 heterocycles. The Balaban J connectivity index is 0.00000289. The van der Waals surface area contributed by atoms with Crippen molar-refractivity contribution >= 4 is 51.4 Å². The van der Waals surface area contributed by atoms with Gasteiger partial charge in [-0.3, -0.25) is 4.99 Å². The molecule has 0 amide bonds. The molecule has 1 atom stereocenters. The fraction of sp³-hybridized carbons (Fsp3) is 0.348. The van der Waals surface area contributed by atoms with E-state index < -0.39 is 6.10 Å². The molecular weight excluding hydrogens is 544 g/mol. The first-order valence-electron chi connectivity index (χ1n) is 10.3. The number of aliphatic hydroxyl groups is 1. The van der Waals surface area contributed by atoms with Crippen LogP contribution in [0.1, 0.15) is 29.0 Å². The fourth-order valence-corrected chi connectivity index (χ4v) is 4.58. The van der Waals surface area contributed by atoms with E-state index in [1.54, 1.807) is 11.3 Å². The van der Waals surface area contributed by atoms with Crippen LogP contribution in [0.2, 0.25) is 0 Å². The fourth-order valence-electron chi connectivity index (χ4n) is 3.53. The number of aliphatic imine (C=N–C) groups is 1. The lowest BCUT2D eigenvalue weighted by Crippen LogP contribution is -2.38. The van der Waals surface area contributed by atoms with Gasteiger partial charge < -0.3 is 25.2 Å². The first-order chi connectivity index (χ1) is 15.1. The van der Waals surface area contributed by atoms with Crippen molar-refractivity contribution in [1.29, 1.82) is 0 Å². The second kappa shape index (κ2) is 11.8. The number of aliphatic hydroxyl groups excluding tert-OH is 1. The van der Waals surface area contributed by atoms with Gasteiger partial charge in [0.05, 0.1) is 13.2 Å². The van der Waals surface area contributed by atoms with Crippen LogP contribution in [-0.2, 0) is 17.8 Å². The van der Waals surface area contributed by atoms with Gasteiger partial charge >= 0.3 is 0 Å². The summed E-state index contributed by atoms with van der Waals surface area (Å²) in [5.41, 5.74) is 1.53.